The molecule has 0 saturated heterocycles. The second-order valence-electron chi connectivity index (χ2n) is 6.03. The number of ether oxygens (including phenoxy) is 1. The number of hydrogen-bond donors (Lipinski definition) is 1. The molecule has 26 heavy (non-hydrogen) atoms. The number of fused-ring (bicyclic) bond motifs is 1. The molecule has 1 N–H and O–H groups in total. The summed E-state index contributed by atoms with van der Waals surface area (Å²) in [4.78, 5) is 18.5. The quantitative estimate of drug-likeness (QED) is 0.736. The second-order valence-corrected chi connectivity index (χ2v) is 6.03. The van der Waals surface area contributed by atoms with Gasteiger partial charge in [0.1, 0.15) is 5.75 Å². The van der Waals surface area contributed by atoms with Crippen molar-refractivity contribution in [2.75, 3.05) is 25.5 Å². The number of aryl methyl sites for hydroxylation is 1. The van der Waals surface area contributed by atoms with Gasteiger partial charge in [0.25, 0.3) is 5.91 Å². The summed E-state index contributed by atoms with van der Waals surface area (Å²) in [5.74, 6) is 1.03. The Kier molecular flexibility index (Phi) is 5.06. The van der Waals surface area contributed by atoms with Gasteiger partial charge in [0.15, 0.2) is 5.65 Å². The molecule has 0 aliphatic carbocycles. The lowest BCUT2D eigenvalue weighted by atomic mass is 10.1. The van der Waals surface area contributed by atoms with Gasteiger partial charge in [-0.05, 0) is 50.6 Å². The van der Waals surface area contributed by atoms with Crippen molar-refractivity contribution in [3.8, 4) is 5.75 Å². The first-order valence-corrected chi connectivity index (χ1v) is 8.64. The highest BCUT2D eigenvalue weighted by molar-refractivity contribution is 5.95. The maximum Gasteiger partial charge on any atom is 0.253 e. The highest BCUT2D eigenvalue weighted by Gasteiger charge is 2.15. The van der Waals surface area contributed by atoms with Crippen molar-refractivity contribution in [2.45, 2.75) is 20.8 Å². The number of carbonyl (C=O) groups is 1. The molecule has 3 rings (SSSR count). The van der Waals surface area contributed by atoms with E-state index in [1.165, 1.54) is 0 Å². The second kappa shape index (κ2) is 7.43. The average molecular weight is 353 g/mol. The Morgan fingerprint density at radius 3 is 2.81 bits per heavy atom. The fourth-order valence-corrected chi connectivity index (χ4v) is 2.56. The molecule has 7 nitrogen and oxygen atoms in total. The van der Waals surface area contributed by atoms with Crippen molar-refractivity contribution in [1.29, 1.82) is 0 Å². The molecule has 7 heteroatoms. The largest absolute Gasteiger partial charge is 0.492 e. The van der Waals surface area contributed by atoms with Crippen LogP contribution >= 0.6 is 0 Å². The smallest absolute Gasteiger partial charge is 0.253 e. The number of carbonyl (C=O) groups excluding carboxylic acids is 1. The standard InChI is InChI=1S/C19H23N5O2/c1-5-23(4)18(25)14-8-9-15(16(11-14)26-6-2)20-19-21-17-10-7-13(3)12-24(17)22-19/h7-12H,5-6H2,1-4H3,(H,20,22). The summed E-state index contributed by atoms with van der Waals surface area (Å²) in [7, 11) is 1.78. The molecule has 0 aliphatic heterocycles. The lowest BCUT2D eigenvalue weighted by Gasteiger charge is -2.16. The van der Waals surface area contributed by atoms with Gasteiger partial charge in [0.05, 0.1) is 12.3 Å². The maximum absolute atomic E-state index is 12.4. The zero-order valence-corrected chi connectivity index (χ0v) is 15.5. The minimum Gasteiger partial charge on any atom is -0.492 e. The van der Waals surface area contributed by atoms with Gasteiger partial charge in [0.2, 0.25) is 5.95 Å². The van der Waals surface area contributed by atoms with Crippen LogP contribution in [0, 0.1) is 6.92 Å². The molecular formula is C19H23N5O2. The van der Waals surface area contributed by atoms with Gasteiger partial charge in [-0.15, -0.1) is 5.10 Å². The number of rotatable bonds is 6. The predicted molar refractivity (Wildman–Crippen MR) is 101 cm³/mol. The van der Waals surface area contributed by atoms with Crippen LogP contribution < -0.4 is 10.1 Å². The van der Waals surface area contributed by atoms with Crippen LogP contribution in [0.1, 0.15) is 29.8 Å². The van der Waals surface area contributed by atoms with Crippen LogP contribution in [0.2, 0.25) is 0 Å². The molecular weight excluding hydrogens is 330 g/mol. The van der Waals surface area contributed by atoms with Crippen molar-refractivity contribution < 1.29 is 9.53 Å². The molecule has 0 aliphatic rings. The average Bonchev–Trinajstić information content (AvgIpc) is 3.03. The molecule has 0 bridgehead atoms. The fraction of sp³-hybridized carbons (Fsp3) is 0.316. The Morgan fingerprint density at radius 1 is 1.27 bits per heavy atom. The Balaban J connectivity index is 1.91. The van der Waals surface area contributed by atoms with Crippen LogP contribution in [-0.2, 0) is 0 Å². The highest BCUT2D eigenvalue weighted by atomic mass is 16.5. The van der Waals surface area contributed by atoms with Gasteiger partial charge < -0.3 is 15.0 Å². The molecule has 1 amide bonds. The molecule has 136 valence electrons. The number of nitrogens with zero attached hydrogens (tertiary/aromatic N) is 4. The van der Waals surface area contributed by atoms with Gasteiger partial charge in [0, 0.05) is 25.4 Å². The summed E-state index contributed by atoms with van der Waals surface area (Å²) >= 11 is 0. The van der Waals surface area contributed by atoms with Crippen LogP contribution in [0.3, 0.4) is 0 Å². The monoisotopic (exact) mass is 353 g/mol. The minimum absolute atomic E-state index is 0.0404. The fourth-order valence-electron chi connectivity index (χ4n) is 2.56. The topological polar surface area (TPSA) is 71.8 Å². The van der Waals surface area contributed by atoms with Crippen molar-refractivity contribution in [3.05, 3.63) is 47.7 Å². The highest BCUT2D eigenvalue weighted by Crippen LogP contribution is 2.28. The van der Waals surface area contributed by atoms with Gasteiger partial charge in [-0.2, -0.15) is 4.98 Å². The first-order chi connectivity index (χ1) is 12.5. The number of benzene rings is 1. The molecule has 2 heterocycles. The number of anilines is 2. The summed E-state index contributed by atoms with van der Waals surface area (Å²) in [5.41, 5.74) is 3.16. The van der Waals surface area contributed by atoms with Crippen LogP contribution in [0.4, 0.5) is 11.6 Å². The van der Waals surface area contributed by atoms with Crippen LogP contribution in [0.15, 0.2) is 36.5 Å². The molecule has 1 aromatic carbocycles. The lowest BCUT2D eigenvalue weighted by molar-refractivity contribution is 0.0802. The number of aromatic nitrogens is 3. The molecule has 0 fully saturated rings. The van der Waals surface area contributed by atoms with Crippen molar-refractivity contribution in [1.82, 2.24) is 19.5 Å². The van der Waals surface area contributed by atoms with E-state index >= 15 is 0 Å². The van der Waals surface area contributed by atoms with Crippen molar-refractivity contribution >= 4 is 23.2 Å². The van der Waals surface area contributed by atoms with Crippen LogP contribution in [0.5, 0.6) is 5.75 Å². The summed E-state index contributed by atoms with van der Waals surface area (Å²) in [6.07, 6.45) is 1.92. The van der Waals surface area contributed by atoms with Gasteiger partial charge >= 0.3 is 0 Å². The Bertz CT molecular complexity index is 935. The normalized spacial score (nSPS) is 10.8. The van der Waals surface area contributed by atoms with Crippen molar-refractivity contribution in [2.24, 2.45) is 0 Å². The molecule has 0 saturated carbocycles. The zero-order valence-electron chi connectivity index (χ0n) is 15.5. The van der Waals surface area contributed by atoms with Crippen LogP contribution in [0.25, 0.3) is 5.65 Å². The predicted octanol–water partition coefficient (Wildman–Crippen LogP) is 3.27. The maximum atomic E-state index is 12.4. The molecule has 0 atom stereocenters. The van der Waals surface area contributed by atoms with E-state index in [0.29, 0.717) is 30.4 Å². The van der Waals surface area contributed by atoms with Crippen molar-refractivity contribution in [3.63, 3.8) is 0 Å². The Labute approximate surface area is 152 Å². The number of pyridine rings is 1. The molecule has 0 spiro atoms. The molecule has 3 aromatic rings. The minimum atomic E-state index is -0.0404. The first-order valence-electron chi connectivity index (χ1n) is 8.64. The molecule has 0 unspecified atom stereocenters. The first kappa shape index (κ1) is 17.7. The van der Waals surface area contributed by atoms with Gasteiger partial charge in [-0.25, -0.2) is 4.52 Å². The lowest BCUT2D eigenvalue weighted by Crippen LogP contribution is -2.26. The summed E-state index contributed by atoms with van der Waals surface area (Å²) in [6, 6.07) is 9.25. The zero-order chi connectivity index (χ0) is 18.7. The van der Waals surface area contributed by atoms with Gasteiger partial charge in [-0.3, -0.25) is 4.79 Å². The number of hydrogen-bond acceptors (Lipinski definition) is 5. The SMILES string of the molecule is CCOc1cc(C(=O)N(C)CC)ccc1Nc1nc2ccc(C)cn2n1. The molecule has 2 aromatic heterocycles. The molecule has 0 radical (unpaired) electrons. The van der Waals surface area contributed by atoms with E-state index in [2.05, 4.69) is 15.4 Å². The van der Waals surface area contributed by atoms with E-state index in [1.807, 2.05) is 45.2 Å². The van der Waals surface area contributed by atoms with E-state index in [9.17, 15) is 4.79 Å². The van der Waals surface area contributed by atoms with Crippen LogP contribution in [-0.4, -0.2) is 45.6 Å². The Hall–Kier alpha value is -3.09. The third kappa shape index (κ3) is 3.61. The number of amides is 1. The van der Waals surface area contributed by atoms with E-state index in [1.54, 1.807) is 28.6 Å². The summed E-state index contributed by atoms with van der Waals surface area (Å²) < 4.78 is 7.44. The third-order valence-electron chi connectivity index (χ3n) is 4.07. The van der Waals surface area contributed by atoms with E-state index in [0.717, 1.165) is 16.9 Å². The van der Waals surface area contributed by atoms with E-state index < -0.39 is 0 Å². The van der Waals surface area contributed by atoms with E-state index in [-0.39, 0.29) is 5.91 Å². The number of nitrogens with one attached hydrogen (secondary N) is 1. The summed E-state index contributed by atoms with van der Waals surface area (Å²) in [6.45, 7) is 6.99. The van der Waals surface area contributed by atoms with E-state index in [4.69, 9.17) is 4.74 Å². The third-order valence-corrected chi connectivity index (χ3v) is 4.07. The summed E-state index contributed by atoms with van der Waals surface area (Å²) in [5, 5.41) is 7.62. The van der Waals surface area contributed by atoms with Gasteiger partial charge in [-0.1, -0.05) is 6.07 Å². The Morgan fingerprint density at radius 2 is 2.08 bits per heavy atom.